The average molecular weight is 281 g/mol. The highest BCUT2D eigenvalue weighted by Gasteiger charge is 2.14. The summed E-state index contributed by atoms with van der Waals surface area (Å²) in [5.41, 5.74) is 2.47. The van der Waals surface area contributed by atoms with Gasteiger partial charge in [0, 0.05) is 12.6 Å². The van der Waals surface area contributed by atoms with E-state index in [2.05, 4.69) is 5.10 Å². The Balaban J connectivity index is 2.17. The van der Waals surface area contributed by atoms with Crippen LogP contribution < -0.4 is 4.74 Å². The van der Waals surface area contributed by atoms with Gasteiger partial charge in [0.15, 0.2) is 0 Å². The SMILES string of the molecule is CCc1nn(C)c(COc2ccccc2CO)c1Cl. The fraction of sp³-hybridized carbons (Fsp3) is 0.357. The van der Waals surface area contributed by atoms with E-state index in [0.717, 1.165) is 23.4 Å². The summed E-state index contributed by atoms with van der Waals surface area (Å²) >= 11 is 6.26. The summed E-state index contributed by atoms with van der Waals surface area (Å²) in [6.07, 6.45) is 0.792. The van der Waals surface area contributed by atoms with Gasteiger partial charge in [-0.25, -0.2) is 0 Å². The minimum Gasteiger partial charge on any atom is -0.487 e. The summed E-state index contributed by atoms with van der Waals surface area (Å²) in [7, 11) is 1.85. The molecule has 0 aliphatic heterocycles. The van der Waals surface area contributed by atoms with E-state index < -0.39 is 0 Å². The highest BCUT2D eigenvalue weighted by Crippen LogP contribution is 2.24. The Bertz CT molecular complexity index is 567. The molecule has 102 valence electrons. The highest BCUT2D eigenvalue weighted by molar-refractivity contribution is 6.31. The molecule has 1 aromatic heterocycles. The van der Waals surface area contributed by atoms with Crippen molar-refractivity contribution in [3.05, 3.63) is 46.2 Å². The zero-order valence-corrected chi connectivity index (χ0v) is 11.8. The Kier molecular flexibility index (Phi) is 4.45. The fourth-order valence-corrected chi connectivity index (χ4v) is 2.25. The van der Waals surface area contributed by atoms with E-state index in [4.69, 9.17) is 16.3 Å². The zero-order valence-electron chi connectivity index (χ0n) is 11.1. The number of hydrogen-bond donors (Lipinski definition) is 1. The Hall–Kier alpha value is -1.52. The van der Waals surface area contributed by atoms with Crippen molar-refractivity contribution in [3.63, 3.8) is 0 Å². The third kappa shape index (κ3) is 2.91. The standard InChI is InChI=1S/C14H17ClN2O2/c1-3-11-14(15)12(17(2)16-11)9-19-13-7-5-4-6-10(13)8-18/h4-7,18H,3,8-9H2,1-2H3. The summed E-state index contributed by atoms with van der Waals surface area (Å²) in [5, 5.41) is 14.2. The first kappa shape index (κ1) is 13.9. The molecule has 5 heteroatoms. The molecule has 1 N–H and O–H groups in total. The smallest absolute Gasteiger partial charge is 0.131 e. The van der Waals surface area contributed by atoms with Crippen molar-refractivity contribution in [1.29, 1.82) is 0 Å². The van der Waals surface area contributed by atoms with Crippen molar-refractivity contribution < 1.29 is 9.84 Å². The third-order valence-electron chi connectivity index (χ3n) is 3.01. The molecular formula is C14H17ClN2O2. The zero-order chi connectivity index (χ0) is 13.8. The molecule has 2 aromatic rings. The number of para-hydroxylation sites is 1. The van der Waals surface area contributed by atoms with Gasteiger partial charge in [0.05, 0.1) is 23.0 Å². The lowest BCUT2D eigenvalue weighted by molar-refractivity contribution is 0.255. The largest absolute Gasteiger partial charge is 0.487 e. The third-order valence-corrected chi connectivity index (χ3v) is 3.45. The monoisotopic (exact) mass is 280 g/mol. The molecule has 0 radical (unpaired) electrons. The van der Waals surface area contributed by atoms with Gasteiger partial charge in [-0.15, -0.1) is 0 Å². The molecule has 0 amide bonds. The van der Waals surface area contributed by atoms with Crippen molar-refractivity contribution in [2.45, 2.75) is 26.6 Å². The van der Waals surface area contributed by atoms with E-state index in [1.165, 1.54) is 0 Å². The number of aliphatic hydroxyl groups is 1. The molecule has 1 aromatic carbocycles. The first-order chi connectivity index (χ1) is 9.17. The van der Waals surface area contributed by atoms with Crippen LogP contribution in [0.15, 0.2) is 24.3 Å². The van der Waals surface area contributed by atoms with Gasteiger partial charge in [-0.05, 0) is 12.5 Å². The van der Waals surface area contributed by atoms with Gasteiger partial charge in [-0.2, -0.15) is 5.10 Å². The normalized spacial score (nSPS) is 10.7. The number of rotatable bonds is 5. The maximum absolute atomic E-state index is 9.24. The van der Waals surface area contributed by atoms with Crippen molar-refractivity contribution in [1.82, 2.24) is 9.78 Å². The lowest BCUT2D eigenvalue weighted by atomic mass is 10.2. The van der Waals surface area contributed by atoms with Crippen LogP contribution in [0.4, 0.5) is 0 Å². The highest BCUT2D eigenvalue weighted by atomic mass is 35.5. The topological polar surface area (TPSA) is 47.3 Å². The van der Waals surface area contributed by atoms with Crippen molar-refractivity contribution >= 4 is 11.6 Å². The van der Waals surface area contributed by atoms with Gasteiger partial charge in [0.25, 0.3) is 0 Å². The number of halogens is 1. The second-order valence-corrected chi connectivity index (χ2v) is 4.62. The van der Waals surface area contributed by atoms with Crippen LogP contribution in [0.2, 0.25) is 5.02 Å². The Morgan fingerprint density at radius 3 is 2.74 bits per heavy atom. The van der Waals surface area contributed by atoms with Crippen LogP contribution in [0.5, 0.6) is 5.75 Å². The van der Waals surface area contributed by atoms with E-state index in [1.807, 2.05) is 38.2 Å². The molecule has 4 nitrogen and oxygen atoms in total. The second kappa shape index (κ2) is 6.08. The van der Waals surface area contributed by atoms with Gasteiger partial charge in [-0.1, -0.05) is 36.7 Å². The van der Waals surface area contributed by atoms with Crippen LogP contribution in [0.3, 0.4) is 0 Å². The lowest BCUT2D eigenvalue weighted by Gasteiger charge is -2.10. The molecule has 0 fully saturated rings. The van der Waals surface area contributed by atoms with Crippen LogP contribution >= 0.6 is 11.6 Å². The summed E-state index contributed by atoms with van der Waals surface area (Å²) in [6.45, 7) is 2.30. The maximum Gasteiger partial charge on any atom is 0.131 e. The summed E-state index contributed by atoms with van der Waals surface area (Å²) in [5.74, 6) is 0.667. The van der Waals surface area contributed by atoms with Crippen LogP contribution in [0.1, 0.15) is 23.9 Å². The van der Waals surface area contributed by atoms with E-state index >= 15 is 0 Å². The van der Waals surface area contributed by atoms with Crippen molar-refractivity contribution in [2.75, 3.05) is 0 Å². The molecule has 1 heterocycles. The number of ether oxygens (including phenoxy) is 1. The van der Waals surface area contributed by atoms with Crippen LogP contribution in [-0.4, -0.2) is 14.9 Å². The van der Waals surface area contributed by atoms with E-state index in [0.29, 0.717) is 17.4 Å². The predicted molar refractivity (Wildman–Crippen MR) is 74.3 cm³/mol. The van der Waals surface area contributed by atoms with Gasteiger partial charge < -0.3 is 9.84 Å². The predicted octanol–water partition coefficient (Wildman–Crippen LogP) is 2.71. The number of nitrogens with zero attached hydrogens (tertiary/aromatic N) is 2. The van der Waals surface area contributed by atoms with Gasteiger partial charge in [0.2, 0.25) is 0 Å². The Morgan fingerprint density at radius 1 is 1.37 bits per heavy atom. The van der Waals surface area contributed by atoms with Crippen molar-refractivity contribution in [3.8, 4) is 5.75 Å². The quantitative estimate of drug-likeness (QED) is 0.916. The Labute approximate surface area is 117 Å². The maximum atomic E-state index is 9.24. The average Bonchev–Trinajstić information content (AvgIpc) is 2.71. The Morgan fingerprint density at radius 2 is 2.11 bits per heavy atom. The molecule has 0 atom stereocenters. The first-order valence-electron chi connectivity index (χ1n) is 6.19. The first-order valence-corrected chi connectivity index (χ1v) is 6.57. The van der Waals surface area contributed by atoms with Crippen LogP contribution in [0.25, 0.3) is 0 Å². The molecule has 0 saturated heterocycles. The minimum atomic E-state index is -0.0461. The number of aryl methyl sites for hydroxylation is 2. The molecule has 0 unspecified atom stereocenters. The fourth-order valence-electron chi connectivity index (χ4n) is 1.90. The molecular weight excluding hydrogens is 264 g/mol. The molecule has 0 aliphatic rings. The number of benzene rings is 1. The van der Waals surface area contributed by atoms with E-state index in [-0.39, 0.29) is 6.61 Å². The van der Waals surface area contributed by atoms with Crippen molar-refractivity contribution in [2.24, 2.45) is 7.05 Å². The number of aliphatic hydroxyl groups excluding tert-OH is 1. The van der Waals surface area contributed by atoms with E-state index in [9.17, 15) is 5.11 Å². The van der Waals surface area contributed by atoms with Crippen LogP contribution in [-0.2, 0) is 26.7 Å². The van der Waals surface area contributed by atoms with Gasteiger partial charge in [-0.3, -0.25) is 4.68 Å². The van der Waals surface area contributed by atoms with Gasteiger partial charge in [0.1, 0.15) is 12.4 Å². The molecule has 19 heavy (non-hydrogen) atoms. The molecule has 0 spiro atoms. The summed E-state index contributed by atoms with van der Waals surface area (Å²) in [6, 6.07) is 7.40. The number of hydrogen-bond acceptors (Lipinski definition) is 3. The lowest BCUT2D eigenvalue weighted by Crippen LogP contribution is -2.04. The molecule has 0 saturated carbocycles. The molecule has 0 aliphatic carbocycles. The summed E-state index contributed by atoms with van der Waals surface area (Å²) in [4.78, 5) is 0. The summed E-state index contributed by atoms with van der Waals surface area (Å²) < 4.78 is 7.47. The second-order valence-electron chi connectivity index (χ2n) is 4.24. The van der Waals surface area contributed by atoms with E-state index in [1.54, 1.807) is 4.68 Å². The van der Waals surface area contributed by atoms with Gasteiger partial charge >= 0.3 is 0 Å². The molecule has 2 rings (SSSR count). The number of aromatic nitrogens is 2. The molecule has 0 bridgehead atoms. The van der Waals surface area contributed by atoms with Crippen LogP contribution in [0, 0.1) is 0 Å². The minimum absolute atomic E-state index is 0.0461.